The minimum atomic E-state index is -0.255. The number of amides is 1. The number of fused-ring (bicyclic) bond motifs is 1. The van der Waals surface area contributed by atoms with E-state index < -0.39 is 0 Å². The topological polar surface area (TPSA) is 90.7 Å². The van der Waals surface area contributed by atoms with Crippen LogP contribution in [-0.4, -0.2) is 63.6 Å². The van der Waals surface area contributed by atoms with Gasteiger partial charge in [-0.2, -0.15) is 19.6 Å². The van der Waals surface area contributed by atoms with Crippen molar-refractivity contribution in [3.05, 3.63) is 72.9 Å². The number of hydrogen-bond acceptors (Lipinski definition) is 8. The number of carbonyl (C=O) groups is 1. The largest absolute Gasteiger partial charge is 0.369 e. The second kappa shape index (κ2) is 10.4. The lowest BCUT2D eigenvalue weighted by atomic mass is 10.1. The summed E-state index contributed by atoms with van der Waals surface area (Å²) in [5, 5.41) is 11.2. The highest BCUT2D eigenvalue weighted by Crippen LogP contribution is 2.30. The molecule has 1 amide bonds. The quantitative estimate of drug-likeness (QED) is 0.365. The molecule has 184 valence electrons. The van der Waals surface area contributed by atoms with Crippen molar-refractivity contribution in [3.63, 3.8) is 0 Å². The molecule has 0 saturated carbocycles. The first kappa shape index (κ1) is 23.8. The van der Waals surface area contributed by atoms with Gasteiger partial charge in [0.05, 0.1) is 6.20 Å². The number of benzene rings is 2. The number of hydrogen-bond donors (Lipinski definition) is 2. The van der Waals surface area contributed by atoms with Gasteiger partial charge in [0.2, 0.25) is 11.9 Å². The third-order valence-electron chi connectivity index (χ3n) is 6.05. The van der Waals surface area contributed by atoms with Crippen LogP contribution < -0.4 is 15.5 Å². The van der Waals surface area contributed by atoms with E-state index in [1.807, 2.05) is 30.3 Å². The lowest BCUT2D eigenvalue weighted by Crippen LogP contribution is -2.44. The average molecular weight is 501 g/mol. The van der Waals surface area contributed by atoms with E-state index in [1.165, 1.54) is 23.5 Å². The Balaban J connectivity index is 1.38. The predicted octanol–water partition coefficient (Wildman–Crippen LogP) is 4.20. The van der Waals surface area contributed by atoms with Crippen molar-refractivity contribution in [3.8, 4) is 0 Å². The number of rotatable bonds is 7. The Hall–Kier alpha value is -3.89. The maximum Gasteiger partial charge on any atom is 0.247 e. The van der Waals surface area contributed by atoms with Gasteiger partial charge in [-0.25, -0.2) is 0 Å². The van der Waals surface area contributed by atoms with E-state index in [0.717, 1.165) is 42.3 Å². The molecule has 36 heavy (non-hydrogen) atoms. The fraction of sp³-hybridized carbons (Fsp3) is 0.231. The van der Waals surface area contributed by atoms with Gasteiger partial charge in [-0.15, -0.1) is 0 Å². The van der Waals surface area contributed by atoms with Crippen LogP contribution in [0.4, 0.5) is 23.0 Å². The Morgan fingerprint density at radius 2 is 1.92 bits per heavy atom. The minimum absolute atomic E-state index is 0.255. The molecule has 0 spiro atoms. The van der Waals surface area contributed by atoms with Crippen LogP contribution in [0.5, 0.6) is 0 Å². The summed E-state index contributed by atoms with van der Waals surface area (Å²) in [5.41, 5.74) is 4.70. The number of aromatic nitrogens is 4. The number of aryl methyl sites for hydroxylation is 1. The fourth-order valence-corrected chi connectivity index (χ4v) is 4.93. The standard InChI is InChI=1S/C26H28N8OS/c1-4-24(35)28-19-6-5-7-21(17-19)36-26-31-25(30-23-10-11-27-34(23)26)29-22-9-8-20(16-18(22)2)33-14-12-32(3)13-15-33/h4-11,16-17H,1,12-15H2,2-3H3,(H,28,35)(H,29,30). The Labute approximate surface area is 214 Å². The molecule has 0 unspecified atom stereocenters. The molecule has 2 aromatic heterocycles. The molecule has 1 aliphatic rings. The summed E-state index contributed by atoms with van der Waals surface area (Å²) < 4.78 is 1.70. The van der Waals surface area contributed by atoms with E-state index >= 15 is 0 Å². The van der Waals surface area contributed by atoms with Gasteiger partial charge in [0.25, 0.3) is 0 Å². The zero-order chi connectivity index (χ0) is 25.1. The van der Waals surface area contributed by atoms with Crippen LogP contribution in [0.3, 0.4) is 0 Å². The van der Waals surface area contributed by atoms with Crippen LogP contribution in [0, 0.1) is 6.92 Å². The van der Waals surface area contributed by atoms with Gasteiger partial charge in [-0.3, -0.25) is 4.79 Å². The molecule has 1 aliphatic heterocycles. The highest BCUT2D eigenvalue weighted by Gasteiger charge is 2.16. The van der Waals surface area contributed by atoms with E-state index in [4.69, 9.17) is 4.98 Å². The molecule has 2 aromatic carbocycles. The zero-order valence-electron chi connectivity index (χ0n) is 20.3. The van der Waals surface area contributed by atoms with Crippen molar-refractivity contribution in [2.45, 2.75) is 17.0 Å². The second-order valence-corrected chi connectivity index (χ2v) is 9.71. The summed E-state index contributed by atoms with van der Waals surface area (Å²) in [6.07, 6.45) is 2.95. The van der Waals surface area contributed by atoms with E-state index in [2.05, 4.69) is 69.3 Å². The van der Waals surface area contributed by atoms with Crippen molar-refractivity contribution < 1.29 is 4.79 Å². The molecule has 4 aromatic rings. The predicted molar refractivity (Wildman–Crippen MR) is 144 cm³/mol. The molecular formula is C26H28N8OS. The Kier molecular flexibility index (Phi) is 6.88. The first-order chi connectivity index (χ1) is 17.5. The molecular weight excluding hydrogens is 472 g/mol. The minimum Gasteiger partial charge on any atom is -0.369 e. The number of piperazine rings is 1. The van der Waals surface area contributed by atoms with Gasteiger partial charge in [-0.05, 0) is 73.8 Å². The number of likely N-dealkylation sites (N-methyl/N-ethyl adjacent to an activating group) is 1. The van der Waals surface area contributed by atoms with Crippen molar-refractivity contribution in [2.24, 2.45) is 0 Å². The summed E-state index contributed by atoms with van der Waals surface area (Å²) >= 11 is 1.44. The van der Waals surface area contributed by atoms with E-state index in [9.17, 15) is 4.79 Å². The molecule has 2 N–H and O–H groups in total. The van der Waals surface area contributed by atoms with Crippen molar-refractivity contribution in [2.75, 3.05) is 48.8 Å². The molecule has 0 bridgehead atoms. The lowest BCUT2D eigenvalue weighted by Gasteiger charge is -2.34. The fourth-order valence-electron chi connectivity index (χ4n) is 4.03. The molecule has 0 radical (unpaired) electrons. The number of anilines is 4. The first-order valence-electron chi connectivity index (χ1n) is 11.7. The molecule has 3 heterocycles. The van der Waals surface area contributed by atoms with Gasteiger partial charge in [0, 0.05) is 54.2 Å². The molecule has 0 aliphatic carbocycles. The maximum atomic E-state index is 11.7. The second-order valence-electron chi connectivity index (χ2n) is 8.67. The van der Waals surface area contributed by atoms with Crippen LogP contribution in [0.15, 0.2) is 77.4 Å². The van der Waals surface area contributed by atoms with Gasteiger partial charge in [-0.1, -0.05) is 12.6 Å². The number of carbonyl (C=O) groups excluding carboxylic acids is 1. The third-order valence-corrected chi connectivity index (χ3v) is 6.98. The average Bonchev–Trinajstić information content (AvgIpc) is 3.35. The SMILES string of the molecule is C=CC(=O)Nc1cccc(Sc2nc(Nc3ccc(N4CCN(C)CC4)cc3C)nc3ccnn23)c1. The van der Waals surface area contributed by atoms with E-state index in [0.29, 0.717) is 22.4 Å². The molecule has 10 heteroatoms. The summed E-state index contributed by atoms with van der Waals surface area (Å²) in [7, 11) is 2.16. The molecule has 1 saturated heterocycles. The molecule has 0 atom stereocenters. The number of nitrogens with one attached hydrogen (secondary N) is 2. The van der Waals surface area contributed by atoms with E-state index in [-0.39, 0.29) is 5.91 Å². The highest BCUT2D eigenvalue weighted by molar-refractivity contribution is 7.99. The Bertz CT molecular complexity index is 1410. The first-order valence-corrected chi connectivity index (χ1v) is 12.5. The van der Waals surface area contributed by atoms with Crippen LogP contribution in [-0.2, 0) is 4.79 Å². The third kappa shape index (κ3) is 5.34. The van der Waals surface area contributed by atoms with Crippen molar-refractivity contribution in [1.29, 1.82) is 0 Å². The summed E-state index contributed by atoms with van der Waals surface area (Å²) in [6, 6.07) is 15.9. The van der Waals surface area contributed by atoms with Gasteiger partial charge in [0.15, 0.2) is 10.8 Å². The number of nitrogens with zero attached hydrogens (tertiary/aromatic N) is 6. The molecule has 5 rings (SSSR count). The van der Waals surface area contributed by atoms with Crippen LogP contribution in [0.25, 0.3) is 5.65 Å². The summed E-state index contributed by atoms with van der Waals surface area (Å²) in [5.74, 6) is 0.242. The van der Waals surface area contributed by atoms with Gasteiger partial charge >= 0.3 is 0 Å². The van der Waals surface area contributed by atoms with Gasteiger partial charge in [0.1, 0.15) is 0 Å². The van der Waals surface area contributed by atoms with Crippen molar-refractivity contribution >= 4 is 46.3 Å². The zero-order valence-corrected chi connectivity index (χ0v) is 21.1. The van der Waals surface area contributed by atoms with Crippen molar-refractivity contribution in [1.82, 2.24) is 24.5 Å². The molecule has 1 fully saturated rings. The van der Waals surface area contributed by atoms with Crippen LogP contribution in [0.2, 0.25) is 0 Å². The van der Waals surface area contributed by atoms with Gasteiger partial charge < -0.3 is 20.4 Å². The lowest BCUT2D eigenvalue weighted by molar-refractivity contribution is -0.111. The van der Waals surface area contributed by atoms with E-state index in [1.54, 1.807) is 10.7 Å². The molecule has 9 nitrogen and oxygen atoms in total. The Morgan fingerprint density at radius 3 is 2.69 bits per heavy atom. The van der Waals surface area contributed by atoms with Crippen LogP contribution >= 0.6 is 11.8 Å². The normalized spacial score (nSPS) is 14.1. The Morgan fingerprint density at radius 1 is 1.08 bits per heavy atom. The van der Waals surface area contributed by atoms with Crippen LogP contribution in [0.1, 0.15) is 5.56 Å². The monoisotopic (exact) mass is 500 g/mol. The summed E-state index contributed by atoms with van der Waals surface area (Å²) in [4.78, 5) is 26.8. The highest BCUT2D eigenvalue weighted by atomic mass is 32.2. The summed E-state index contributed by atoms with van der Waals surface area (Å²) in [6.45, 7) is 9.80. The smallest absolute Gasteiger partial charge is 0.247 e. The maximum absolute atomic E-state index is 11.7.